The van der Waals surface area contributed by atoms with E-state index in [1.807, 2.05) is 20.8 Å². The molecule has 21 heavy (non-hydrogen) atoms. The number of carbonyl (C=O) groups is 1. The van der Waals surface area contributed by atoms with Gasteiger partial charge in [0, 0.05) is 25.2 Å². The summed E-state index contributed by atoms with van der Waals surface area (Å²) in [5.41, 5.74) is 6.45. The van der Waals surface area contributed by atoms with Crippen molar-refractivity contribution in [3.8, 4) is 0 Å². The normalized spacial score (nSPS) is 15.0. The van der Waals surface area contributed by atoms with E-state index in [9.17, 15) is 9.59 Å². The van der Waals surface area contributed by atoms with Crippen LogP contribution in [0.25, 0.3) is 0 Å². The van der Waals surface area contributed by atoms with Gasteiger partial charge < -0.3 is 15.4 Å². The van der Waals surface area contributed by atoms with Crippen molar-refractivity contribution in [2.45, 2.75) is 52.3 Å². The predicted molar refractivity (Wildman–Crippen MR) is 79.1 cm³/mol. The molecule has 0 unspecified atom stereocenters. The van der Waals surface area contributed by atoms with Crippen LogP contribution in [-0.2, 0) is 24.2 Å². The summed E-state index contributed by atoms with van der Waals surface area (Å²) in [5.74, 6) is 0. The van der Waals surface area contributed by atoms with Gasteiger partial charge in [-0.1, -0.05) is 0 Å². The van der Waals surface area contributed by atoms with Crippen LogP contribution in [-0.4, -0.2) is 39.5 Å². The number of aromatic amines is 1. The number of amides is 1. The third-order valence-corrected chi connectivity index (χ3v) is 3.36. The molecule has 7 nitrogen and oxygen atoms in total. The van der Waals surface area contributed by atoms with Crippen LogP contribution in [0, 0.1) is 0 Å². The monoisotopic (exact) mass is 296 g/mol. The van der Waals surface area contributed by atoms with Crippen LogP contribution in [0.15, 0.2) is 4.79 Å². The van der Waals surface area contributed by atoms with E-state index in [1.165, 1.54) is 0 Å². The van der Waals surface area contributed by atoms with Gasteiger partial charge in [-0.3, -0.25) is 14.6 Å². The van der Waals surface area contributed by atoms with Crippen molar-refractivity contribution in [3.63, 3.8) is 0 Å². The molecule has 2 heterocycles. The lowest BCUT2D eigenvalue weighted by molar-refractivity contribution is 0.0223. The molecule has 0 radical (unpaired) electrons. The molecule has 1 aliphatic heterocycles. The van der Waals surface area contributed by atoms with Gasteiger partial charge in [-0.25, -0.2) is 4.79 Å². The Kier molecular flexibility index (Phi) is 4.41. The van der Waals surface area contributed by atoms with Gasteiger partial charge in [0.1, 0.15) is 5.60 Å². The number of carbonyl (C=O) groups excluding carboxylic acids is 1. The zero-order valence-corrected chi connectivity index (χ0v) is 12.9. The maximum Gasteiger partial charge on any atom is 0.410 e. The number of ether oxygens (including phenoxy) is 1. The van der Waals surface area contributed by atoms with Crippen molar-refractivity contribution in [3.05, 3.63) is 21.6 Å². The molecule has 0 spiro atoms. The summed E-state index contributed by atoms with van der Waals surface area (Å²) in [6, 6.07) is 0. The lowest BCUT2D eigenvalue weighted by atomic mass is 10.1. The molecular weight excluding hydrogens is 272 g/mol. The van der Waals surface area contributed by atoms with E-state index in [1.54, 1.807) is 9.58 Å². The minimum absolute atomic E-state index is 0.0632. The zero-order chi connectivity index (χ0) is 15.6. The van der Waals surface area contributed by atoms with Crippen LogP contribution >= 0.6 is 0 Å². The Labute approximate surface area is 124 Å². The maximum atomic E-state index is 12.3. The highest BCUT2D eigenvalue weighted by Crippen LogP contribution is 2.17. The number of H-pyrrole nitrogens is 1. The van der Waals surface area contributed by atoms with Crippen LogP contribution in [0.4, 0.5) is 4.79 Å². The lowest BCUT2D eigenvalue weighted by Gasteiger charge is -2.29. The first kappa shape index (κ1) is 15.6. The highest BCUT2D eigenvalue weighted by molar-refractivity contribution is 5.68. The maximum absolute atomic E-state index is 12.3. The third kappa shape index (κ3) is 3.66. The number of rotatable bonds is 3. The SMILES string of the molecule is CC(C)(C)OC(=O)N1CCc2[nH]n(CCCN)c(=O)c2C1. The van der Waals surface area contributed by atoms with Crippen LogP contribution < -0.4 is 11.3 Å². The molecule has 0 aromatic carbocycles. The molecule has 1 aliphatic rings. The summed E-state index contributed by atoms with van der Waals surface area (Å²) < 4.78 is 6.93. The quantitative estimate of drug-likeness (QED) is 0.863. The molecule has 0 saturated heterocycles. The minimum Gasteiger partial charge on any atom is -0.444 e. The van der Waals surface area contributed by atoms with Crippen molar-refractivity contribution in [1.29, 1.82) is 0 Å². The van der Waals surface area contributed by atoms with Gasteiger partial charge in [0.15, 0.2) is 0 Å². The summed E-state index contributed by atoms with van der Waals surface area (Å²) in [5, 5.41) is 3.11. The summed E-state index contributed by atoms with van der Waals surface area (Å²) in [7, 11) is 0. The number of hydrogen-bond donors (Lipinski definition) is 2. The Morgan fingerprint density at radius 1 is 1.43 bits per heavy atom. The molecule has 0 atom stereocenters. The summed E-state index contributed by atoms with van der Waals surface area (Å²) in [6.07, 6.45) is 1.01. The zero-order valence-electron chi connectivity index (χ0n) is 12.9. The van der Waals surface area contributed by atoms with Gasteiger partial charge in [0.2, 0.25) is 0 Å². The van der Waals surface area contributed by atoms with Crippen molar-refractivity contribution in [2.24, 2.45) is 5.73 Å². The summed E-state index contributed by atoms with van der Waals surface area (Å²) in [6.45, 7) is 7.46. The van der Waals surface area contributed by atoms with Gasteiger partial charge in [-0.05, 0) is 33.7 Å². The molecule has 1 aromatic heterocycles. The molecule has 1 aromatic rings. The minimum atomic E-state index is -0.531. The fourth-order valence-corrected chi connectivity index (χ4v) is 2.35. The van der Waals surface area contributed by atoms with E-state index in [0.29, 0.717) is 38.2 Å². The smallest absolute Gasteiger partial charge is 0.410 e. The van der Waals surface area contributed by atoms with E-state index >= 15 is 0 Å². The first-order chi connectivity index (χ1) is 9.81. The van der Waals surface area contributed by atoms with E-state index in [2.05, 4.69) is 5.10 Å². The Balaban J connectivity index is 2.11. The van der Waals surface area contributed by atoms with Crippen molar-refractivity contribution < 1.29 is 9.53 Å². The number of nitrogens with one attached hydrogen (secondary N) is 1. The molecule has 0 saturated carbocycles. The van der Waals surface area contributed by atoms with E-state index in [-0.39, 0.29) is 11.7 Å². The van der Waals surface area contributed by atoms with Gasteiger partial charge in [-0.2, -0.15) is 0 Å². The topological polar surface area (TPSA) is 93.3 Å². The first-order valence-electron chi connectivity index (χ1n) is 7.30. The molecule has 0 fully saturated rings. The summed E-state index contributed by atoms with van der Waals surface area (Å²) in [4.78, 5) is 25.9. The Morgan fingerprint density at radius 2 is 2.14 bits per heavy atom. The first-order valence-corrected chi connectivity index (χ1v) is 7.30. The van der Waals surface area contributed by atoms with Crippen LogP contribution in [0.5, 0.6) is 0 Å². The second-order valence-electron chi connectivity index (χ2n) is 6.32. The number of fused-ring (bicyclic) bond motifs is 1. The van der Waals surface area contributed by atoms with Crippen molar-refractivity contribution in [1.82, 2.24) is 14.7 Å². The van der Waals surface area contributed by atoms with Gasteiger partial charge >= 0.3 is 6.09 Å². The number of hydrogen-bond acceptors (Lipinski definition) is 4. The fraction of sp³-hybridized carbons (Fsp3) is 0.714. The number of nitrogens with zero attached hydrogens (tertiary/aromatic N) is 2. The largest absolute Gasteiger partial charge is 0.444 e. The number of aryl methyl sites for hydroxylation is 1. The van der Waals surface area contributed by atoms with E-state index in [4.69, 9.17) is 10.5 Å². The molecule has 1 amide bonds. The molecular formula is C14H24N4O3. The summed E-state index contributed by atoms with van der Waals surface area (Å²) >= 11 is 0. The van der Waals surface area contributed by atoms with Crippen LogP contribution in [0.3, 0.4) is 0 Å². The number of aromatic nitrogens is 2. The average Bonchev–Trinajstić information content (AvgIpc) is 2.71. The molecule has 2 rings (SSSR count). The Morgan fingerprint density at radius 3 is 2.76 bits per heavy atom. The molecule has 0 bridgehead atoms. The van der Waals surface area contributed by atoms with Gasteiger partial charge in [-0.15, -0.1) is 0 Å². The standard InChI is InChI=1S/C14H24N4O3/c1-14(2,3)21-13(20)17-8-5-11-10(9-17)12(19)18(16-11)7-4-6-15/h16H,4-9,15H2,1-3H3. The van der Waals surface area contributed by atoms with E-state index < -0.39 is 5.60 Å². The van der Waals surface area contributed by atoms with Gasteiger partial charge in [0.25, 0.3) is 5.56 Å². The fourth-order valence-electron chi connectivity index (χ4n) is 2.35. The lowest BCUT2D eigenvalue weighted by Crippen LogP contribution is -2.41. The Hall–Kier alpha value is -1.76. The molecule has 3 N–H and O–H groups in total. The second-order valence-corrected chi connectivity index (χ2v) is 6.32. The predicted octanol–water partition coefficient (Wildman–Crippen LogP) is 0.818. The van der Waals surface area contributed by atoms with Crippen LogP contribution in [0.1, 0.15) is 38.4 Å². The van der Waals surface area contributed by atoms with Crippen LogP contribution in [0.2, 0.25) is 0 Å². The average molecular weight is 296 g/mol. The van der Waals surface area contributed by atoms with Crippen molar-refractivity contribution in [2.75, 3.05) is 13.1 Å². The third-order valence-electron chi connectivity index (χ3n) is 3.36. The molecule has 118 valence electrons. The van der Waals surface area contributed by atoms with Gasteiger partial charge in [0.05, 0.1) is 12.1 Å². The highest BCUT2D eigenvalue weighted by atomic mass is 16.6. The van der Waals surface area contributed by atoms with E-state index in [0.717, 1.165) is 12.1 Å². The van der Waals surface area contributed by atoms with Crippen molar-refractivity contribution >= 4 is 6.09 Å². The second kappa shape index (κ2) is 5.93. The number of nitrogens with two attached hydrogens (primary N) is 1. The molecule has 0 aliphatic carbocycles. The highest BCUT2D eigenvalue weighted by Gasteiger charge is 2.28. The Bertz CT molecular complexity index is 568. The molecule has 7 heteroatoms.